The number of nitrogens with zero attached hydrogens (tertiary/aromatic N) is 2. The van der Waals surface area contributed by atoms with E-state index in [4.69, 9.17) is 0 Å². The van der Waals surface area contributed by atoms with Crippen LogP contribution < -0.4 is 8.42 Å². The first-order valence-electron chi connectivity index (χ1n) is 3.87. The summed E-state index contributed by atoms with van der Waals surface area (Å²) in [7, 11) is 0. The van der Waals surface area contributed by atoms with Crippen LogP contribution in [0.15, 0.2) is 48.8 Å². The molecule has 2 aromatic heterocycles. The van der Waals surface area contributed by atoms with Crippen LogP contribution in [0.1, 0.15) is 0 Å². The summed E-state index contributed by atoms with van der Waals surface area (Å²) in [6, 6.07) is 12.1. The van der Waals surface area contributed by atoms with Crippen molar-refractivity contribution in [2.24, 2.45) is 0 Å². The van der Waals surface area contributed by atoms with Crippen molar-refractivity contribution >= 4 is 8.42 Å². The monoisotopic (exact) mass is 349 g/mol. The van der Waals surface area contributed by atoms with E-state index < -0.39 is 0 Å². The number of pyridine rings is 2. The van der Waals surface area contributed by atoms with Gasteiger partial charge >= 0.3 is 84.9 Å². The zero-order valence-corrected chi connectivity index (χ0v) is 9.24. The molecule has 67 valence electrons. The van der Waals surface area contributed by atoms with E-state index >= 15 is 0 Å². The van der Waals surface area contributed by atoms with Gasteiger partial charge in [-0.3, -0.25) is 0 Å². The van der Waals surface area contributed by atoms with Crippen molar-refractivity contribution in [2.75, 3.05) is 0 Å². The van der Waals surface area contributed by atoms with Gasteiger partial charge in [0.1, 0.15) is 0 Å². The summed E-state index contributed by atoms with van der Waals surface area (Å²) in [5.41, 5.74) is 0. The third-order valence-corrected chi connectivity index (χ3v) is 4.05. The average molecular weight is 348 g/mol. The Morgan fingerprint density at radius 2 is 1.31 bits per heavy atom. The van der Waals surface area contributed by atoms with Gasteiger partial charge < -0.3 is 0 Å². The van der Waals surface area contributed by atoms with Crippen LogP contribution in [0, 0.1) is 0 Å². The van der Waals surface area contributed by atoms with Crippen molar-refractivity contribution in [3.63, 3.8) is 0 Å². The van der Waals surface area contributed by atoms with Crippen molar-refractivity contribution in [2.45, 2.75) is 0 Å². The van der Waals surface area contributed by atoms with Gasteiger partial charge in [-0.15, -0.1) is 0 Å². The Balaban J connectivity index is 2.16. The van der Waals surface area contributed by atoms with Crippen LogP contribution in [-0.4, -0.2) is 9.97 Å². The minimum absolute atomic E-state index is 0.330. The second-order valence-corrected chi connectivity index (χ2v) is 5.40. The fourth-order valence-electron chi connectivity index (χ4n) is 0.855. The van der Waals surface area contributed by atoms with Crippen molar-refractivity contribution in [3.05, 3.63) is 48.8 Å². The quantitative estimate of drug-likeness (QED) is 0.790. The fraction of sp³-hybridized carbons (Fsp3) is 0. The van der Waals surface area contributed by atoms with E-state index in [1.54, 1.807) is 0 Å². The maximum absolute atomic E-state index is 4.29. The molecule has 0 spiro atoms. The molecule has 0 amide bonds. The molecule has 0 aromatic carbocycles. The van der Waals surface area contributed by atoms with E-state index in [2.05, 4.69) is 22.1 Å². The summed E-state index contributed by atoms with van der Waals surface area (Å²) in [4.78, 5) is 8.58. The van der Waals surface area contributed by atoms with Crippen LogP contribution in [0.3, 0.4) is 0 Å². The van der Waals surface area contributed by atoms with Gasteiger partial charge in [-0.1, -0.05) is 0 Å². The molecule has 2 rings (SSSR count). The zero-order chi connectivity index (χ0) is 8.93. The predicted molar refractivity (Wildman–Crippen MR) is 47.7 cm³/mol. The standard InChI is InChI=1S/2C5H4N.Ir/c2*1-2-4-6-5-3-1;/h2*1-4H;. The molecular weight excluding hydrogens is 340 g/mol. The van der Waals surface area contributed by atoms with Crippen LogP contribution in [-0.2, 0) is 17.7 Å². The summed E-state index contributed by atoms with van der Waals surface area (Å²) in [5, 5.41) is 0. The molecule has 0 atom stereocenters. The van der Waals surface area contributed by atoms with Crippen molar-refractivity contribution in [1.82, 2.24) is 9.97 Å². The molecule has 2 heterocycles. The topological polar surface area (TPSA) is 25.8 Å². The van der Waals surface area contributed by atoms with Gasteiger partial charge in [-0.2, -0.15) is 0 Å². The summed E-state index contributed by atoms with van der Waals surface area (Å²) in [5.74, 6) is 0. The minimum atomic E-state index is -0.330. The Morgan fingerprint density at radius 3 is 1.69 bits per heavy atom. The Hall–Kier alpha value is -1.05. The van der Waals surface area contributed by atoms with Gasteiger partial charge in [0.05, 0.1) is 0 Å². The van der Waals surface area contributed by atoms with E-state index in [1.165, 1.54) is 8.42 Å². The van der Waals surface area contributed by atoms with E-state index in [-0.39, 0.29) is 17.7 Å². The first-order valence-corrected chi connectivity index (χ1v) is 6.27. The average Bonchev–Trinajstić information content (AvgIpc) is 2.21. The third-order valence-electron chi connectivity index (χ3n) is 1.40. The van der Waals surface area contributed by atoms with Crippen molar-refractivity contribution in [1.29, 1.82) is 0 Å². The summed E-state index contributed by atoms with van der Waals surface area (Å²) in [6.07, 6.45) is 3.67. The maximum atomic E-state index is 4.29. The normalized spacial score (nSPS) is 10.2. The molecule has 0 radical (unpaired) electrons. The fourth-order valence-corrected chi connectivity index (χ4v) is 3.01. The number of hydrogen-bond donors (Lipinski definition) is 0. The first-order chi connectivity index (χ1) is 6.45. The first kappa shape index (κ1) is 8.54. The Bertz CT molecular complexity index is 324. The molecule has 0 bridgehead atoms. The van der Waals surface area contributed by atoms with E-state index in [0.29, 0.717) is 0 Å². The Labute approximate surface area is 85.0 Å². The van der Waals surface area contributed by atoms with Crippen LogP contribution in [0.4, 0.5) is 0 Å². The molecule has 13 heavy (non-hydrogen) atoms. The van der Waals surface area contributed by atoms with Crippen LogP contribution in [0.2, 0.25) is 0 Å². The zero-order valence-electron chi connectivity index (χ0n) is 6.85. The second-order valence-electron chi connectivity index (χ2n) is 2.34. The van der Waals surface area contributed by atoms with Crippen molar-refractivity contribution < 1.29 is 17.7 Å². The Morgan fingerprint density at radius 1 is 0.769 bits per heavy atom. The number of aromatic nitrogens is 2. The van der Waals surface area contributed by atoms with Gasteiger partial charge in [-0.05, 0) is 0 Å². The molecule has 2 nitrogen and oxygen atoms in total. The van der Waals surface area contributed by atoms with E-state index in [1.807, 2.05) is 36.7 Å². The van der Waals surface area contributed by atoms with Gasteiger partial charge in [0.2, 0.25) is 0 Å². The second kappa shape index (κ2) is 4.26. The Kier molecular flexibility index (Phi) is 2.80. The molecule has 2 aromatic rings. The van der Waals surface area contributed by atoms with Crippen molar-refractivity contribution in [3.8, 4) is 0 Å². The molecule has 0 saturated heterocycles. The molecule has 0 N–H and O–H groups in total. The van der Waals surface area contributed by atoms with Crippen LogP contribution >= 0.6 is 0 Å². The molecule has 3 heteroatoms. The van der Waals surface area contributed by atoms with Crippen LogP contribution in [0.5, 0.6) is 0 Å². The molecule has 0 aliphatic heterocycles. The molecule has 0 unspecified atom stereocenters. The molecule has 0 fully saturated rings. The molecule has 0 saturated carbocycles. The molecule has 0 aliphatic carbocycles. The predicted octanol–water partition coefficient (Wildman–Crippen LogP) is 0.510. The van der Waals surface area contributed by atoms with Gasteiger partial charge in [0.15, 0.2) is 0 Å². The van der Waals surface area contributed by atoms with Gasteiger partial charge in [0, 0.05) is 0 Å². The SMILES string of the molecule is c1cc[c]([Ir][c]2ccccn2)nc1. The summed E-state index contributed by atoms with van der Waals surface area (Å²) in [6.45, 7) is 0. The third kappa shape index (κ3) is 2.44. The molecular formula is C10H8IrN2. The molecule has 0 aliphatic rings. The summed E-state index contributed by atoms with van der Waals surface area (Å²) < 4.78 is 2.36. The van der Waals surface area contributed by atoms with Crippen LogP contribution in [0.25, 0.3) is 0 Å². The number of rotatable bonds is 2. The van der Waals surface area contributed by atoms with E-state index in [0.717, 1.165) is 0 Å². The van der Waals surface area contributed by atoms with Gasteiger partial charge in [0.25, 0.3) is 0 Å². The number of hydrogen-bond acceptors (Lipinski definition) is 2. The summed E-state index contributed by atoms with van der Waals surface area (Å²) >= 11 is -0.330. The van der Waals surface area contributed by atoms with Gasteiger partial charge in [-0.25, -0.2) is 0 Å². The van der Waals surface area contributed by atoms with E-state index in [9.17, 15) is 0 Å².